The Hall–Kier alpha value is -3.09. The average molecular weight is 341 g/mol. The molecule has 1 aliphatic rings. The van der Waals surface area contributed by atoms with Gasteiger partial charge in [-0.15, -0.1) is 0 Å². The fourth-order valence-corrected chi connectivity index (χ4v) is 2.76. The minimum Gasteiger partial charge on any atom is -0.445 e. The van der Waals surface area contributed by atoms with Gasteiger partial charge in [0.05, 0.1) is 4.92 Å². The van der Waals surface area contributed by atoms with Crippen molar-refractivity contribution < 1.29 is 14.5 Å². The van der Waals surface area contributed by atoms with Gasteiger partial charge >= 0.3 is 6.09 Å². The number of anilines is 1. The zero-order valence-electron chi connectivity index (χ0n) is 13.7. The summed E-state index contributed by atoms with van der Waals surface area (Å²) in [6.07, 6.45) is -0.331. The van der Waals surface area contributed by atoms with Crippen molar-refractivity contribution in [2.45, 2.75) is 6.61 Å². The molecule has 130 valence electrons. The molecule has 25 heavy (non-hydrogen) atoms. The predicted octanol–water partition coefficient (Wildman–Crippen LogP) is 3.05. The highest BCUT2D eigenvalue weighted by atomic mass is 16.6. The Morgan fingerprint density at radius 1 is 1.04 bits per heavy atom. The smallest absolute Gasteiger partial charge is 0.410 e. The van der Waals surface area contributed by atoms with E-state index in [2.05, 4.69) is 0 Å². The number of nitrogens with zero attached hydrogens (tertiary/aromatic N) is 3. The summed E-state index contributed by atoms with van der Waals surface area (Å²) in [6.45, 7) is 2.53. The second-order valence-corrected chi connectivity index (χ2v) is 5.79. The molecular weight excluding hydrogens is 322 g/mol. The fourth-order valence-electron chi connectivity index (χ4n) is 2.76. The molecule has 2 aromatic carbocycles. The molecule has 7 heteroatoms. The SMILES string of the molecule is O=C(OCc1ccccc1)N1CCN(c2cccc([N+](=O)[O-])c2)CC1. The van der Waals surface area contributed by atoms with E-state index < -0.39 is 4.92 Å². The van der Waals surface area contributed by atoms with E-state index in [1.807, 2.05) is 41.3 Å². The summed E-state index contributed by atoms with van der Waals surface area (Å²) in [5.41, 5.74) is 1.82. The molecular formula is C18H19N3O4. The summed E-state index contributed by atoms with van der Waals surface area (Å²) in [4.78, 5) is 26.3. The lowest BCUT2D eigenvalue weighted by molar-refractivity contribution is -0.384. The highest BCUT2D eigenvalue weighted by Gasteiger charge is 2.23. The molecule has 1 fully saturated rings. The Bertz CT molecular complexity index is 743. The molecule has 0 bridgehead atoms. The van der Waals surface area contributed by atoms with Gasteiger partial charge in [-0.3, -0.25) is 10.1 Å². The van der Waals surface area contributed by atoms with E-state index in [0.29, 0.717) is 26.2 Å². The van der Waals surface area contributed by atoms with E-state index in [1.165, 1.54) is 6.07 Å². The summed E-state index contributed by atoms with van der Waals surface area (Å²) in [6, 6.07) is 16.1. The van der Waals surface area contributed by atoms with E-state index in [1.54, 1.807) is 17.0 Å². The zero-order chi connectivity index (χ0) is 17.6. The summed E-state index contributed by atoms with van der Waals surface area (Å²) >= 11 is 0. The van der Waals surface area contributed by atoms with Crippen LogP contribution in [0.2, 0.25) is 0 Å². The maximum absolute atomic E-state index is 12.2. The van der Waals surface area contributed by atoms with Crippen LogP contribution >= 0.6 is 0 Å². The van der Waals surface area contributed by atoms with Gasteiger partial charge in [0.2, 0.25) is 0 Å². The van der Waals surface area contributed by atoms with Gasteiger partial charge in [0.1, 0.15) is 6.61 Å². The molecule has 0 unspecified atom stereocenters. The third kappa shape index (κ3) is 4.26. The van der Waals surface area contributed by atoms with Gasteiger partial charge in [0.25, 0.3) is 5.69 Å². The molecule has 0 atom stereocenters. The molecule has 0 aliphatic carbocycles. The number of piperazine rings is 1. The van der Waals surface area contributed by atoms with Crippen molar-refractivity contribution in [3.8, 4) is 0 Å². The van der Waals surface area contributed by atoms with Crippen LogP contribution in [0.4, 0.5) is 16.2 Å². The van der Waals surface area contributed by atoms with Crippen molar-refractivity contribution in [2.24, 2.45) is 0 Å². The lowest BCUT2D eigenvalue weighted by Gasteiger charge is -2.35. The molecule has 1 heterocycles. The van der Waals surface area contributed by atoms with E-state index in [0.717, 1.165) is 11.3 Å². The third-order valence-electron chi connectivity index (χ3n) is 4.15. The van der Waals surface area contributed by atoms with Crippen molar-refractivity contribution in [3.05, 3.63) is 70.3 Å². The quantitative estimate of drug-likeness (QED) is 0.631. The van der Waals surface area contributed by atoms with Crippen molar-refractivity contribution in [3.63, 3.8) is 0 Å². The first-order valence-electron chi connectivity index (χ1n) is 8.08. The number of ether oxygens (including phenoxy) is 1. The Morgan fingerprint density at radius 3 is 2.44 bits per heavy atom. The van der Waals surface area contributed by atoms with E-state index in [9.17, 15) is 14.9 Å². The predicted molar refractivity (Wildman–Crippen MR) is 93.5 cm³/mol. The standard InChI is InChI=1S/C18H19N3O4/c22-18(25-14-15-5-2-1-3-6-15)20-11-9-19(10-12-20)16-7-4-8-17(13-16)21(23)24/h1-8,13H,9-12,14H2. The van der Waals surface area contributed by atoms with E-state index >= 15 is 0 Å². The van der Waals surface area contributed by atoms with E-state index in [4.69, 9.17) is 4.74 Å². The molecule has 0 spiro atoms. The highest BCUT2D eigenvalue weighted by molar-refractivity contribution is 5.68. The summed E-state index contributed by atoms with van der Waals surface area (Å²) < 4.78 is 5.34. The van der Waals surface area contributed by atoms with Crippen LogP contribution in [0.5, 0.6) is 0 Å². The third-order valence-corrected chi connectivity index (χ3v) is 4.15. The van der Waals surface area contributed by atoms with Crippen molar-refractivity contribution in [1.29, 1.82) is 0 Å². The van der Waals surface area contributed by atoms with Crippen LogP contribution in [-0.2, 0) is 11.3 Å². The van der Waals surface area contributed by atoms with Crippen molar-refractivity contribution >= 4 is 17.5 Å². The molecule has 0 N–H and O–H groups in total. The highest BCUT2D eigenvalue weighted by Crippen LogP contribution is 2.22. The second-order valence-electron chi connectivity index (χ2n) is 5.79. The molecule has 0 radical (unpaired) electrons. The molecule has 2 aromatic rings. The van der Waals surface area contributed by atoms with Gasteiger partial charge in [-0.2, -0.15) is 0 Å². The van der Waals surface area contributed by atoms with Crippen LogP contribution < -0.4 is 4.90 Å². The van der Waals surface area contributed by atoms with Crippen LogP contribution in [-0.4, -0.2) is 42.1 Å². The van der Waals surface area contributed by atoms with Gasteiger partial charge < -0.3 is 14.5 Å². The Kier molecular flexibility index (Phi) is 5.13. The van der Waals surface area contributed by atoms with Crippen molar-refractivity contribution in [2.75, 3.05) is 31.1 Å². The van der Waals surface area contributed by atoms with Gasteiger partial charge in [0, 0.05) is 44.0 Å². The van der Waals surface area contributed by atoms with Gasteiger partial charge in [-0.1, -0.05) is 36.4 Å². The van der Waals surface area contributed by atoms with Crippen LogP contribution in [0.3, 0.4) is 0 Å². The number of hydrogen-bond acceptors (Lipinski definition) is 5. The topological polar surface area (TPSA) is 75.9 Å². The van der Waals surface area contributed by atoms with Gasteiger partial charge in [-0.25, -0.2) is 4.79 Å². The zero-order valence-corrected chi connectivity index (χ0v) is 13.7. The maximum atomic E-state index is 12.2. The lowest BCUT2D eigenvalue weighted by atomic mass is 10.2. The van der Waals surface area contributed by atoms with Gasteiger partial charge in [0.15, 0.2) is 0 Å². The second kappa shape index (κ2) is 7.65. The minimum absolute atomic E-state index is 0.0715. The molecule has 7 nitrogen and oxygen atoms in total. The largest absolute Gasteiger partial charge is 0.445 e. The van der Waals surface area contributed by atoms with Crippen LogP contribution in [0, 0.1) is 10.1 Å². The number of carbonyl (C=O) groups is 1. The molecule has 1 amide bonds. The van der Waals surface area contributed by atoms with Crippen LogP contribution in [0.25, 0.3) is 0 Å². The van der Waals surface area contributed by atoms with Crippen LogP contribution in [0.15, 0.2) is 54.6 Å². The Morgan fingerprint density at radius 2 is 1.76 bits per heavy atom. The van der Waals surface area contributed by atoms with Gasteiger partial charge in [-0.05, 0) is 11.6 Å². The van der Waals surface area contributed by atoms with Crippen molar-refractivity contribution in [1.82, 2.24) is 4.90 Å². The molecule has 1 saturated heterocycles. The summed E-state index contributed by atoms with van der Waals surface area (Å²) in [7, 11) is 0. The monoisotopic (exact) mass is 341 g/mol. The first kappa shape index (κ1) is 16.8. The molecule has 0 saturated carbocycles. The number of non-ortho nitro benzene ring substituents is 1. The maximum Gasteiger partial charge on any atom is 0.410 e. The average Bonchev–Trinajstić information content (AvgIpc) is 2.67. The molecule has 1 aliphatic heterocycles. The summed E-state index contributed by atoms with van der Waals surface area (Å²) in [5, 5.41) is 10.9. The van der Waals surface area contributed by atoms with Crippen LogP contribution in [0.1, 0.15) is 5.56 Å². The number of carbonyl (C=O) groups excluding carboxylic acids is 1. The fraction of sp³-hybridized carbons (Fsp3) is 0.278. The number of rotatable bonds is 4. The normalized spacial score (nSPS) is 14.2. The minimum atomic E-state index is -0.402. The summed E-state index contributed by atoms with van der Waals surface area (Å²) in [5.74, 6) is 0. The molecule has 3 rings (SSSR count). The Labute approximate surface area is 145 Å². The lowest BCUT2D eigenvalue weighted by Crippen LogP contribution is -2.48. The number of benzene rings is 2. The molecule has 0 aromatic heterocycles. The first-order chi connectivity index (χ1) is 12.1. The number of amides is 1. The van der Waals surface area contributed by atoms with E-state index in [-0.39, 0.29) is 18.4 Å². The number of hydrogen-bond donors (Lipinski definition) is 0. The number of nitro groups is 1. The Balaban J connectivity index is 1.52. The number of nitro benzene ring substituents is 1. The first-order valence-corrected chi connectivity index (χ1v) is 8.08.